The predicted molar refractivity (Wildman–Crippen MR) is 86.5 cm³/mol. The van der Waals surface area contributed by atoms with Crippen molar-refractivity contribution in [3.05, 3.63) is 52.6 Å². The topological polar surface area (TPSA) is 38.1 Å². The van der Waals surface area contributed by atoms with Crippen LogP contribution in [-0.2, 0) is 18.3 Å². The number of hydrogen-bond donors (Lipinski definition) is 0. The van der Waals surface area contributed by atoms with Crippen molar-refractivity contribution in [3.8, 4) is 0 Å². The van der Waals surface area contributed by atoms with E-state index in [-0.39, 0.29) is 17.8 Å². The lowest BCUT2D eigenvalue weighted by Gasteiger charge is -2.25. The molecule has 1 aliphatic rings. The van der Waals surface area contributed by atoms with Crippen molar-refractivity contribution >= 4 is 5.91 Å². The lowest BCUT2D eigenvalue weighted by molar-refractivity contribution is -0.131. The number of hydrogen-bond acceptors (Lipinski definition) is 2. The highest BCUT2D eigenvalue weighted by atomic mass is 19.1. The Morgan fingerprint density at radius 3 is 2.83 bits per heavy atom. The summed E-state index contributed by atoms with van der Waals surface area (Å²) in [5.74, 6) is -0.156. The second-order valence-electron chi connectivity index (χ2n) is 6.25. The van der Waals surface area contributed by atoms with Crippen molar-refractivity contribution in [1.82, 2.24) is 14.7 Å². The van der Waals surface area contributed by atoms with Gasteiger partial charge < -0.3 is 4.90 Å². The molecule has 1 atom stereocenters. The second-order valence-corrected chi connectivity index (χ2v) is 6.25. The minimum absolute atomic E-state index is 0.0181. The number of amides is 1. The normalized spacial score (nSPS) is 17.7. The average molecular weight is 315 g/mol. The van der Waals surface area contributed by atoms with Gasteiger partial charge in [-0.05, 0) is 44.4 Å². The van der Waals surface area contributed by atoms with Crippen molar-refractivity contribution in [3.63, 3.8) is 0 Å². The minimum atomic E-state index is -0.249. The maximum atomic E-state index is 13.5. The Balaban J connectivity index is 1.81. The fourth-order valence-corrected chi connectivity index (χ4v) is 3.45. The molecule has 1 aliphatic heterocycles. The second kappa shape index (κ2) is 6.14. The van der Waals surface area contributed by atoms with E-state index in [1.807, 2.05) is 36.5 Å². The Bertz CT molecular complexity index is 738. The van der Waals surface area contributed by atoms with E-state index in [1.165, 1.54) is 12.1 Å². The summed E-state index contributed by atoms with van der Waals surface area (Å²) in [5.41, 5.74) is 3.81. The SMILES string of the molecule is Cc1nn(C)c(C)c1CC(=O)N1CCC[C@H]1c1cccc(F)c1. The maximum absolute atomic E-state index is 13.5. The molecule has 5 heteroatoms. The third-order valence-electron chi connectivity index (χ3n) is 4.79. The highest BCUT2D eigenvalue weighted by molar-refractivity contribution is 5.80. The van der Waals surface area contributed by atoms with Gasteiger partial charge in [0.05, 0.1) is 18.2 Å². The lowest BCUT2D eigenvalue weighted by atomic mass is 10.0. The number of halogens is 1. The van der Waals surface area contributed by atoms with Crippen LogP contribution in [0.3, 0.4) is 0 Å². The third-order valence-corrected chi connectivity index (χ3v) is 4.79. The summed E-state index contributed by atoms with van der Waals surface area (Å²) in [6.45, 7) is 4.65. The van der Waals surface area contributed by atoms with Gasteiger partial charge in [0.1, 0.15) is 5.82 Å². The molecule has 0 N–H and O–H groups in total. The maximum Gasteiger partial charge on any atom is 0.227 e. The molecular formula is C18H22FN3O. The first-order valence-corrected chi connectivity index (χ1v) is 8.01. The minimum Gasteiger partial charge on any atom is -0.335 e. The monoisotopic (exact) mass is 315 g/mol. The van der Waals surface area contributed by atoms with Crippen molar-refractivity contribution in [2.75, 3.05) is 6.54 Å². The number of carbonyl (C=O) groups is 1. The van der Waals surface area contributed by atoms with Crippen molar-refractivity contribution in [2.24, 2.45) is 7.05 Å². The van der Waals surface area contributed by atoms with Crippen LogP contribution in [0, 0.1) is 19.7 Å². The molecule has 1 fully saturated rings. The van der Waals surface area contributed by atoms with Crippen LogP contribution in [0.4, 0.5) is 4.39 Å². The Morgan fingerprint density at radius 2 is 2.17 bits per heavy atom. The average Bonchev–Trinajstić information content (AvgIpc) is 3.08. The van der Waals surface area contributed by atoms with Gasteiger partial charge in [-0.1, -0.05) is 12.1 Å². The van der Waals surface area contributed by atoms with Crippen LogP contribution in [0.1, 0.15) is 41.4 Å². The highest BCUT2D eigenvalue weighted by Crippen LogP contribution is 2.33. The van der Waals surface area contributed by atoms with Gasteiger partial charge in [-0.15, -0.1) is 0 Å². The Kier molecular flexibility index (Phi) is 4.20. The van der Waals surface area contributed by atoms with E-state index >= 15 is 0 Å². The van der Waals surface area contributed by atoms with Gasteiger partial charge in [0, 0.05) is 24.8 Å². The van der Waals surface area contributed by atoms with Gasteiger partial charge in [-0.3, -0.25) is 9.48 Å². The summed E-state index contributed by atoms with van der Waals surface area (Å²) >= 11 is 0. The summed E-state index contributed by atoms with van der Waals surface area (Å²) in [5, 5.41) is 4.38. The number of aromatic nitrogens is 2. The van der Waals surface area contributed by atoms with Crippen LogP contribution in [0.5, 0.6) is 0 Å². The first-order valence-electron chi connectivity index (χ1n) is 8.01. The van der Waals surface area contributed by atoms with Gasteiger partial charge in [0.2, 0.25) is 5.91 Å². The third kappa shape index (κ3) is 3.00. The van der Waals surface area contributed by atoms with Gasteiger partial charge in [-0.2, -0.15) is 5.10 Å². The van der Waals surface area contributed by atoms with Crippen LogP contribution < -0.4 is 0 Å². The molecule has 2 aromatic rings. The Hall–Kier alpha value is -2.17. The molecule has 122 valence electrons. The molecule has 2 heterocycles. The van der Waals surface area contributed by atoms with E-state index in [9.17, 15) is 9.18 Å². The van der Waals surface area contributed by atoms with E-state index in [0.29, 0.717) is 6.42 Å². The number of benzene rings is 1. The summed E-state index contributed by atoms with van der Waals surface area (Å²) < 4.78 is 15.3. The number of carbonyl (C=O) groups excluding carboxylic acids is 1. The van der Waals surface area contributed by atoms with E-state index in [0.717, 1.165) is 41.9 Å². The van der Waals surface area contributed by atoms with E-state index in [2.05, 4.69) is 5.10 Å². The Labute approximate surface area is 135 Å². The molecule has 23 heavy (non-hydrogen) atoms. The predicted octanol–water partition coefficient (Wildman–Crippen LogP) is 3.08. The highest BCUT2D eigenvalue weighted by Gasteiger charge is 2.30. The van der Waals surface area contributed by atoms with Crippen molar-refractivity contribution < 1.29 is 9.18 Å². The molecule has 1 saturated heterocycles. The summed E-state index contributed by atoms with van der Waals surface area (Å²) in [7, 11) is 1.89. The molecule has 0 radical (unpaired) electrons. The summed E-state index contributed by atoms with van der Waals surface area (Å²) in [6, 6.07) is 6.57. The molecule has 0 bridgehead atoms. The zero-order valence-corrected chi connectivity index (χ0v) is 13.8. The van der Waals surface area contributed by atoms with Gasteiger partial charge in [0.25, 0.3) is 0 Å². The molecule has 1 aromatic heterocycles. The fraction of sp³-hybridized carbons (Fsp3) is 0.444. The molecule has 0 unspecified atom stereocenters. The standard InChI is InChI=1S/C18H22FN3O/c1-12-16(13(2)21(3)20-12)11-18(23)22-9-5-8-17(22)14-6-4-7-15(19)10-14/h4,6-7,10,17H,5,8-9,11H2,1-3H3/t17-/m0/s1. The van der Waals surface area contributed by atoms with Crippen molar-refractivity contribution in [2.45, 2.75) is 39.2 Å². The van der Waals surface area contributed by atoms with Crippen molar-refractivity contribution in [1.29, 1.82) is 0 Å². The van der Waals surface area contributed by atoms with Gasteiger partial charge in [-0.25, -0.2) is 4.39 Å². The van der Waals surface area contributed by atoms with E-state index in [1.54, 1.807) is 6.07 Å². The molecule has 4 nitrogen and oxygen atoms in total. The van der Waals surface area contributed by atoms with E-state index in [4.69, 9.17) is 0 Å². The summed E-state index contributed by atoms with van der Waals surface area (Å²) in [4.78, 5) is 14.7. The number of nitrogens with zero attached hydrogens (tertiary/aromatic N) is 3. The smallest absolute Gasteiger partial charge is 0.227 e. The van der Waals surface area contributed by atoms with Crippen LogP contribution in [0.2, 0.25) is 0 Å². The molecule has 0 saturated carbocycles. The largest absolute Gasteiger partial charge is 0.335 e. The number of likely N-dealkylation sites (tertiary alicyclic amines) is 1. The molecule has 0 aliphatic carbocycles. The summed E-state index contributed by atoms with van der Waals surface area (Å²) in [6.07, 6.45) is 2.20. The quantitative estimate of drug-likeness (QED) is 0.873. The van der Waals surface area contributed by atoms with Crippen LogP contribution in [0.15, 0.2) is 24.3 Å². The van der Waals surface area contributed by atoms with Crippen LogP contribution in [0.25, 0.3) is 0 Å². The molecule has 1 amide bonds. The van der Waals surface area contributed by atoms with Gasteiger partial charge in [0.15, 0.2) is 0 Å². The fourth-order valence-electron chi connectivity index (χ4n) is 3.45. The zero-order chi connectivity index (χ0) is 16.6. The first-order chi connectivity index (χ1) is 11.0. The first kappa shape index (κ1) is 15.7. The number of aryl methyl sites for hydroxylation is 2. The molecular weight excluding hydrogens is 293 g/mol. The van der Waals surface area contributed by atoms with E-state index < -0.39 is 0 Å². The molecule has 0 spiro atoms. The molecule has 1 aromatic carbocycles. The van der Waals surface area contributed by atoms with Gasteiger partial charge >= 0.3 is 0 Å². The van der Waals surface area contributed by atoms with Crippen LogP contribution >= 0.6 is 0 Å². The Morgan fingerprint density at radius 1 is 1.39 bits per heavy atom. The molecule has 3 rings (SSSR count). The van der Waals surface area contributed by atoms with Crippen LogP contribution in [-0.4, -0.2) is 27.1 Å². The lowest BCUT2D eigenvalue weighted by Crippen LogP contribution is -2.32. The zero-order valence-electron chi connectivity index (χ0n) is 13.8. The number of rotatable bonds is 3.